The molecular formula is C11H9Cl2N3OS. The summed E-state index contributed by atoms with van der Waals surface area (Å²) >= 11 is 12.5. The maximum atomic E-state index is 11.1. The molecule has 7 heteroatoms. The fourth-order valence-corrected chi connectivity index (χ4v) is 2.29. The predicted molar refractivity (Wildman–Crippen MR) is 73.5 cm³/mol. The van der Waals surface area contributed by atoms with E-state index in [1.165, 1.54) is 11.3 Å². The Morgan fingerprint density at radius 2 is 2.00 bits per heavy atom. The van der Waals surface area contributed by atoms with E-state index in [1.807, 2.05) is 24.3 Å². The van der Waals surface area contributed by atoms with Crippen LogP contribution in [0.3, 0.4) is 0 Å². The van der Waals surface area contributed by atoms with Crippen LogP contribution in [0.5, 0.6) is 0 Å². The lowest BCUT2D eigenvalue weighted by atomic mass is 10.2. The highest BCUT2D eigenvalue weighted by atomic mass is 35.5. The maximum Gasteiger partial charge on any atom is 0.241 e. The number of rotatable bonds is 4. The Bertz CT molecular complexity index is 541. The normalized spacial score (nSPS) is 10.3. The molecule has 4 nitrogen and oxygen atoms in total. The number of nitrogens with zero attached hydrogens (tertiary/aromatic N) is 2. The van der Waals surface area contributed by atoms with Crippen LogP contribution in [0.15, 0.2) is 24.3 Å². The van der Waals surface area contributed by atoms with Crippen molar-refractivity contribution in [3.63, 3.8) is 0 Å². The molecule has 0 bridgehead atoms. The standard InChI is InChI=1S/C11H9Cl2N3OS/c12-6-9(17)14-11-16-15-10(18-11)5-7-1-3-8(13)4-2-7/h1-4H,5-6H2,(H,14,16,17). The van der Waals surface area contributed by atoms with Gasteiger partial charge in [0.2, 0.25) is 11.0 Å². The number of amides is 1. The SMILES string of the molecule is O=C(CCl)Nc1nnc(Cc2ccc(Cl)cc2)s1. The second-order valence-corrected chi connectivity index (χ2v) is 5.25. The lowest BCUT2D eigenvalue weighted by molar-refractivity contribution is -0.113. The molecule has 0 radical (unpaired) electrons. The molecular weight excluding hydrogens is 293 g/mol. The molecule has 2 aromatic rings. The van der Waals surface area contributed by atoms with Crippen LogP contribution in [0.25, 0.3) is 0 Å². The zero-order valence-electron chi connectivity index (χ0n) is 9.19. The summed E-state index contributed by atoms with van der Waals surface area (Å²) in [6.07, 6.45) is 0.658. The zero-order valence-corrected chi connectivity index (χ0v) is 11.5. The van der Waals surface area contributed by atoms with E-state index in [0.29, 0.717) is 16.6 Å². The van der Waals surface area contributed by atoms with Crippen LogP contribution in [-0.4, -0.2) is 22.0 Å². The zero-order chi connectivity index (χ0) is 13.0. The summed E-state index contributed by atoms with van der Waals surface area (Å²) in [6.45, 7) is 0. The average molecular weight is 302 g/mol. The fourth-order valence-electron chi connectivity index (χ4n) is 1.31. The molecule has 0 unspecified atom stereocenters. The number of carbonyl (C=O) groups is 1. The molecule has 1 aromatic heterocycles. The third kappa shape index (κ3) is 3.66. The molecule has 0 saturated heterocycles. The minimum absolute atomic E-state index is 0.0912. The smallest absolute Gasteiger partial charge is 0.241 e. The van der Waals surface area contributed by atoms with Crippen LogP contribution in [-0.2, 0) is 11.2 Å². The van der Waals surface area contributed by atoms with Gasteiger partial charge in [-0.3, -0.25) is 10.1 Å². The second-order valence-electron chi connectivity index (χ2n) is 3.49. The van der Waals surface area contributed by atoms with E-state index in [1.54, 1.807) is 0 Å². The van der Waals surface area contributed by atoms with Crippen LogP contribution in [0.1, 0.15) is 10.6 Å². The van der Waals surface area contributed by atoms with Gasteiger partial charge in [0.1, 0.15) is 10.9 Å². The van der Waals surface area contributed by atoms with Crippen molar-refractivity contribution in [1.29, 1.82) is 0 Å². The monoisotopic (exact) mass is 301 g/mol. The second kappa shape index (κ2) is 6.13. The number of hydrogen-bond acceptors (Lipinski definition) is 4. The molecule has 18 heavy (non-hydrogen) atoms. The van der Waals surface area contributed by atoms with Gasteiger partial charge in [-0.2, -0.15) is 0 Å². The van der Waals surface area contributed by atoms with Crippen molar-refractivity contribution in [2.75, 3.05) is 11.2 Å². The molecule has 0 aliphatic heterocycles. The molecule has 94 valence electrons. The molecule has 2 rings (SSSR count). The average Bonchev–Trinajstić information content (AvgIpc) is 2.79. The predicted octanol–water partition coefficient (Wildman–Crippen LogP) is 2.96. The molecule has 1 aromatic carbocycles. The van der Waals surface area contributed by atoms with Crippen LogP contribution in [0.2, 0.25) is 5.02 Å². The Labute approximate surface area is 118 Å². The Kier molecular flexibility index (Phi) is 4.52. The van der Waals surface area contributed by atoms with Gasteiger partial charge in [-0.25, -0.2) is 0 Å². The Hall–Kier alpha value is -1.17. The molecule has 0 aliphatic carbocycles. The third-order valence-corrected chi connectivity index (χ3v) is 3.44. The quantitative estimate of drug-likeness (QED) is 0.883. The number of benzene rings is 1. The maximum absolute atomic E-state index is 11.1. The number of halogens is 2. The van der Waals surface area contributed by atoms with Gasteiger partial charge in [-0.1, -0.05) is 35.1 Å². The van der Waals surface area contributed by atoms with Gasteiger partial charge in [-0.05, 0) is 17.7 Å². The van der Waals surface area contributed by atoms with Gasteiger partial charge in [0.05, 0.1) is 0 Å². The minimum atomic E-state index is -0.286. The topological polar surface area (TPSA) is 54.9 Å². The van der Waals surface area contributed by atoms with Crippen LogP contribution >= 0.6 is 34.5 Å². The first-order valence-corrected chi connectivity index (χ1v) is 6.83. The summed E-state index contributed by atoms with van der Waals surface area (Å²) < 4.78 is 0. The number of anilines is 1. The summed E-state index contributed by atoms with van der Waals surface area (Å²) in [6, 6.07) is 7.52. The van der Waals surface area contributed by atoms with Crippen LogP contribution in [0, 0.1) is 0 Å². The van der Waals surface area contributed by atoms with Crippen LogP contribution in [0.4, 0.5) is 5.13 Å². The highest BCUT2D eigenvalue weighted by Gasteiger charge is 2.07. The first kappa shape index (κ1) is 13.3. The summed E-state index contributed by atoms with van der Waals surface area (Å²) in [5.41, 5.74) is 1.09. The molecule has 1 heterocycles. The number of nitrogens with one attached hydrogen (secondary N) is 1. The molecule has 0 aliphatic rings. The van der Waals surface area contributed by atoms with E-state index < -0.39 is 0 Å². The van der Waals surface area contributed by atoms with Gasteiger partial charge in [0.15, 0.2) is 0 Å². The number of hydrogen-bond donors (Lipinski definition) is 1. The molecule has 1 amide bonds. The van der Waals surface area contributed by atoms with Crippen molar-refractivity contribution in [2.24, 2.45) is 0 Å². The molecule has 0 atom stereocenters. The van der Waals surface area contributed by atoms with Crippen LogP contribution < -0.4 is 5.32 Å². The van der Waals surface area contributed by atoms with E-state index in [-0.39, 0.29) is 11.8 Å². The van der Waals surface area contributed by atoms with Crippen molar-refractivity contribution < 1.29 is 4.79 Å². The first-order valence-electron chi connectivity index (χ1n) is 5.10. The molecule has 0 fully saturated rings. The summed E-state index contributed by atoms with van der Waals surface area (Å²) in [5.74, 6) is -0.377. The number of carbonyl (C=O) groups excluding carboxylic acids is 1. The summed E-state index contributed by atoms with van der Waals surface area (Å²) in [7, 11) is 0. The van der Waals surface area contributed by atoms with Gasteiger partial charge in [-0.15, -0.1) is 21.8 Å². The number of aromatic nitrogens is 2. The van der Waals surface area contributed by atoms with Crippen molar-refractivity contribution in [2.45, 2.75) is 6.42 Å². The van der Waals surface area contributed by atoms with Gasteiger partial charge >= 0.3 is 0 Å². The van der Waals surface area contributed by atoms with Crippen molar-refractivity contribution in [3.05, 3.63) is 39.9 Å². The molecule has 0 saturated carbocycles. The van der Waals surface area contributed by atoms with Crippen molar-refractivity contribution in [3.8, 4) is 0 Å². The Morgan fingerprint density at radius 3 is 2.67 bits per heavy atom. The largest absolute Gasteiger partial charge is 0.299 e. The highest BCUT2D eigenvalue weighted by Crippen LogP contribution is 2.19. The highest BCUT2D eigenvalue weighted by molar-refractivity contribution is 7.15. The van der Waals surface area contributed by atoms with E-state index in [9.17, 15) is 4.79 Å². The van der Waals surface area contributed by atoms with E-state index in [4.69, 9.17) is 23.2 Å². The minimum Gasteiger partial charge on any atom is -0.299 e. The summed E-state index contributed by atoms with van der Waals surface area (Å²) in [4.78, 5) is 11.1. The first-order chi connectivity index (χ1) is 8.67. The van der Waals surface area contributed by atoms with Gasteiger partial charge in [0, 0.05) is 11.4 Å². The van der Waals surface area contributed by atoms with Gasteiger partial charge in [0.25, 0.3) is 0 Å². The lowest BCUT2D eigenvalue weighted by Gasteiger charge is -1.97. The van der Waals surface area contributed by atoms with E-state index in [0.717, 1.165) is 10.6 Å². The lowest BCUT2D eigenvalue weighted by Crippen LogP contribution is -2.12. The Morgan fingerprint density at radius 1 is 1.28 bits per heavy atom. The van der Waals surface area contributed by atoms with Gasteiger partial charge < -0.3 is 0 Å². The van der Waals surface area contributed by atoms with Crippen molar-refractivity contribution in [1.82, 2.24) is 10.2 Å². The third-order valence-electron chi connectivity index (χ3n) is 2.10. The fraction of sp³-hybridized carbons (Fsp3) is 0.182. The molecule has 1 N–H and O–H groups in total. The molecule has 0 spiro atoms. The van der Waals surface area contributed by atoms with E-state index in [2.05, 4.69) is 15.5 Å². The Balaban J connectivity index is 2.02. The van der Waals surface area contributed by atoms with E-state index >= 15 is 0 Å². The summed E-state index contributed by atoms with van der Waals surface area (Å²) in [5, 5.41) is 12.4. The van der Waals surface area contributed by atoms with Crippen molar-refractivity contribution >= 4 is 45.6 Å². The number of alkyl halides is 1.